The van der Waals surface area contributed by atoms with Crippen molar-refractivity contribution in [1.82, 2.24) is 4.98 Å². The highest BCUT2D eigenvalue weighted by atomic mass is 32.1. The van der Waals surface area contributed by atoms with Crippen molar-refractivity contribution in [2.75, 3.05) is 6.61 Å². The zero-order valence-corrected chi connectivity index (χ0v) is 12.8. The number of rotatable bonds is 3. The van der Waals surface area contributed by atoms with Gasteiger partial charge in [0.05, 0.1) is 17.0 Å². The molecule has 0 amide bonds. The predicted octanol–water partition coefficient (Wildman–Crippen LogP) is 2.89. The summed E-state index contributed by atoms with van der Waals surface area (Å²) in [5.74, 6) is -0.685. The Balaban J connectivity index is 2.24. The monoisotopic (exact) mass is 330 g/mol. The molecule has 0 unspecified atom stereocenters. The fourth-order valence-corrected chi connectivity index (χ4v) is 2.98. The van der Waals surface area contributed by atoms with Gasteiger partial charge in [0.25, 0.3) is 5.69 Å². The highest BCUT2D eigenvalue weighted by Crippen LogP contribution is 2.25. The summed E-state index contributed by atoms with van der Waals surface area (Å²) in [6.07, 6.45) is 0. The Kier molecular flexibility index (Phi) is 3.75. The lowest BCUT2D eigenvalue weighted by Crippen LogP contribution is -2.14. The Morgan fingerprint density at radius 2 is 2.09 bits per heavy atom. The van der Waals surface area contributed by atoms with Crippen LogP contribution in [0.2, 0.25) is 0 Å². The van der Waals surface area contributed by atoms with Gasteiger partial charge in [-0.05, 0) is 25.1 Å². The number of benzene rings is 1. The van der Waals surface area contributed by atoms with Gasteiger partial charge in [0.15, 0.2) is 0 Å². The van der Waals surface area contributed by atoms with Crippen LogP contribution in [-0.4, -0.2) is 22.5 Å². The maximum Gasteiger partial charge on any atom is 0.343 e. The van der Waals surface area contributed by atoms with Crippen molar-refractivity contribution in [3.8, 4) is 0 Å². The first-order chi connectivity index (χ1) is 11.0. The summed E-state index contributed by atoms with van der Waals surface area (Å²) >= 11 is 0.846. The lowest BCUT2D eigenvalue weighted by Gasteiger charge is -2.04. The number of non-ortho nitro benzene ring substituents is 1. The van der Waals surface area contributed by atoms with E-state index < -0.39 is 15.6 Å². The van der Waals surface area contributed by atoms with Gasteiger partial charge in [-0.25, -0.2) is 9.78 Å². The molecular formula is C15H10N2O5S. The predicted molar refractivity (Wildman–Crippen MR) is 86.0 cm³/mol. The van der Waals surface area contributed by atoms with Gasteiger partial charge < -0.3 is 4.74 Å². The molecule has 0 aliphatic rings. The molecular weight excluding hydrogens is 320 g/mol. The first-order valence-electron chi connectivity index (χ1n) is 6.70. The molecule has 8 heteroatoms. The van der Waals surface area contributed by atoms with Crippen LogP contribution in [0.3, 0.4) is 0 Å². The SMILES string of the molecule is CCOC(=O)c1cc2cc3cc([N+](=O)[O-])ccc3nc2sc1=O. The molecule has 0 fully saturated rings. The first kappa shape index (κ1) is 15.0. The van der Waals surface area contributed by atoms with Crippen molar-refractivity contribution in [2.45, 2.75) is 6.92 Å². The summed E-state index contributed by atoms with van der Waals surface area (Å²) in [6.45, 7) is 1.82. The van der Waals surface area contributed by atoms with Gasteiger partial charge in [0.1, 0.15) is 10.4 Å². The molecule has 3 aromatic rings. The summed E-state index contributed by atoms with van der Waals surface area (Å²) in [7, 11) is 0. The average molecular weight is 330 g/mol. The fraction of sp³-hybridized carbons (Fsp3) is 0.133. The van der Waals surface area contributed by atoms with Gasteiger partial charge in [-0.15, -0.1) is 0 Å². The second kappa shape index (κ2) is 5.73. The number of nitro benzene ring substituents is 1. The molecule has 0 saturated carbocycles. The van der Waals surface area contributed by atoms with E-state index >= 15 is 0 Å². The molecule has 0 N–H and O–H groups in total. The summed E-state index contributed by atoms with van der Waals surface area (Å²) in [5.41, 5.74) is 0.437. The number of carbonyl (C=O) groups excluding carboxylic acids is 1. The third-order valence-corrected chi connectivity index (χ3v) is 4.13. The summed E-state index contributed by atoms with van der Waals surface area (Å²) in [5, 5.41) is 12.0. The maximum atomic E-state index is 12.0. The molecule has 1 aromatic carbocycles. The van der Waals surface area contributed by atoms with E-state index in [9.17, 15) is 19.7 Å². The van der Waals surface area contributed by atoms with E-state index in [4.69, 9.17) is 4.74 Å². The minimum Gasteiger partial charge on any atom is -0.462 e. The number of hydrogen-bond donors (Lipinski definition) is 0. The highest BCUT2D eigenvalue weighted by Gasteiger charge is 2.15. The number of aromatic nitrogens is 1. The second-order valence-corrected chi connectivity index (χ2v) is 5.65. The smallest absolute Gasteiger partial charge is 0.343 e. The van der Waals surface area contributed by atoms with Crippen LogP contribution in [0.15, 0.2) is 35.1 Å². The van der Waals surface area contributed by atoms with Gasteiger partial charge in [-0.3, -0.25) is 14.9 Å². The van der Waals surface area contributed by atoms with Crippen molar-refractivity contribution in [3.05, 3.63) is 55.5 Å². The van der Waals surface area contributed by atoms with E-state index in [0.717, 1.165) is 11.3 Å². The van der Waals surface area contributed by atoms with Gasteiger partial charge in [-0.1, -0.05) is 11.3 Å². The molecule has 0 spiro atoms. The van der Waals surface area contributed by atoms with E-state index in [1.807, 2.05) is 0 Å². The third-order valence-electron chi connectivity index (χ3n) is 3.21. The van der Waals surface area contributed by atoms with Gasteiger partial charge in [0.2, 0.25) is 4.74 Å². The molecule has 0 bridgehead atoms. The number of esters is 1. The standard InChI is InChI=1S/C15H10N2O5S/c1-2-22-14(18)11-7-9-5-8-6-10(17(20)21)3-4-12(8)16-13(9)23-15(11)19/h3-7H,2H2,1H3. The quantitative estimate of drug-likeness (QED) is 0.317. The van der Waals surface area contributed by atoms with Gasteiger partial charge in [0, 0.05) is 22.9 Å². The summed E-state index contributed by atoms with van der Waals surface area (Å²) < 4.78 is 4.43. The number of pyridine rings is 1. The van der Waals surface area contributed by atoms with Gasteiger partial charge in [-0.2, -0.15) is 0 Å². The normalized spacial score (nSPS) is 10.8. The van der Waals surface area contributed by atoms with Gasteiger partial charge >= 0.3 is 5.97 Å². The number of carbonyl (C=O) groups is 1. The molecule has 0 saturated heterocycles. The molecule has 2 aromatic heterocycles. The lowest BCUT2D eigenvalue weighted by atomic mass is 10.1. The van der Waals surface area contributed by atoms with Crippen LogP contribution < -0.4 is 4.74 Å². The van der Waals surface area contributed by atoms with Crippen LogP contribution in [0.25, 0.3) is 21.1 Å². The van der Waals surface area contributed by atoms with E-state index in [1.165, 1.54) is 24.3 Å². The Labute approximate surface area is 133 Å². The fourth-order valence-electron chi connectivity index (χ4n) is 2.17. The number of nitro groups is 1. The largest absolute Gasteiger partial charge is 0.462 e. The van der Waals surface area contributed by atoms with Crippen LogP contribution in [0.4, 0.5) is 5.69 Å². The lowest BCUT2D eigenvalue weighted by molar-refractivity contribution is -0.384. The number of nitrogens with zero attached hydrogens (tertiary/aromatic N) is 2. The average Bonchev–Trinajstić information content (AvgIpc) is 2.52. The third kappa shape index (κ3) is 2.76. The van der Waals surface area contributed by atoms with Crippen LogP contribution in [0.5, 0.6) is 0 Å². The maximum absolute atomic E-state index is 12.0. The molecule has 0 aliphatic carbocycles. The Morgan fingerprint density at radius 1 is 1.30 bits per heavy atom. The number of ether oxygens (including phenoxy) is 1. The zero-order valence-electron chi connectivity index (χ0n) is 11.9. The van der Waals surface area contributed by atoms with E-state index in [0.29, 0.717) is 21.1 Å². The Hall–Kier alpha value is -2.87. The van der Waals surface area contributed by atoms with Crippen LogP contribution >= 0.6 is 11.3 Å². The highest BCUT2D eigenvalue weighted by molar-refractivity contribution is 7.16. The van der Waals surface area contributed by atoms with E-state index in [2.05, 4.69) is 4.98 Å². The Bertz CT molecular complexity index is 1010. The molecule has 0 radical (unpaired) electrons. The summed E-state index contributed by atoms with van der Waals surface area (Å²) in [4.78, 5) is 39.0. The second-order valence-electron chi connectivity index (χ2n) is 4.68. The van der Waals surface area contributed by atoms with Crippen molar-refractivity contribution < 1.29 is 14.5 Å². The number of fused-ring (bicyclic) bond motifs is 2. The molecule has 23 heavy (non-hydrogen) atoms. The molecule has 116 valence electrons. The van der Waals surface area contributed by atoms with Crippen LogP contribution in [0, 0.1) is 10.1 Å². The van der Waals surface area contributed by atoms with Crippen molar-refractivity contribution in [2.24, 2.45) is 0 Å². The summed E-state index contributed by atoms with van der Waals surface area (Å²) in [6, 6.07) is 7.38. The molecule has 2 heterocycles. The molecule has 0 atom stereocenters. The molecule has 0 aliphatic heterocycles. The van der Waals surface area contributed by atoms with E-state index in [-0.39, 0.29) is 17.9 Å². The number of hydrogen-bond acceptors (Lipinski definition) is 7. The zero-order chi connectivity index (χ0) is 16.6. The minimum atomic E-state index is -0.685. The molecule has 3 rings (SSSR count). The van der Waals surface area contributed by atoms with Crippen molar-refractivity contribution >= 4 is 44.1 Å². The first-order valence-corrected chi connectivity index (χ1v) is 7.51. The van der Waals surface area contributed by atoms with Crippen molar-refractivity contribution in [3.63, 3.8) is 0 Å². The Morgan fingerprint density at radius 3 is 2.78 bits per heavy atom. The van der Waals surface area contributed by atoms with Crippen molar-refractivity contribution in [1.29, 1.82) is 0 Å². The topological polar surface area (TPSA) is 99.4 Å². The minimum absolute atomic E-state index is 0.0478. The van der Waals surface area contributed by atoms with E-state index in [1.54, 1.807) is 13.0 Å². The molecule has 7 nitrogen and oxygen atoms in total. The van der Waals surface area contributed by atoms with Crippen LogP contribution in [0.1, 0.15) is 17.3 Å². The van der Waals surface area contributed by atoms with Crippen LogP contribution in [-0.2, 0) is 4.74 Å².